The fourth-order valence-corrected chi connectivity index (χ4v) is 3.53. The van der Waals surface area contributed by atoms with E-state index in [1.165, 1.54) is 11.3 Å². The molecule has 0 aliphatic carbocycles. The topological polar surface area (TPSA) is 59.0 Å². The number of aliphatic hydroxyl groups excluding tert-OH is 1. The number of rotatable bonds is 4. The second kappa shape index (κ2) is 8.18. The summed E-state index contributed by atoms with van der Waals surface area (Å²) in [6.07, 6.45) is 4.16. The highest BCUT2D eigenvalue weighted by Crippen LogP contribution is 2.33. The van der Waals surface area contributed by atoms with Crippen LogP contribution >= 0.6 is 11.3 Å². The second-order valence-electron chi connectivity index (χ2n) is 5.76. The molecule has 6 heteroatoms. The number of methoxy groups -OCH3 is 1. The van der Waals surface area contributed by atoms with Crippen molar-refractivity contribution in [2.75, 3.05) is 20.3 Å². The van der Waals surface area contributed by atoms with Gasteiger partial charge in [0.05, 0.1) is 20.3 Å². The van der Waals surface area contributed by atoms with Gasteiger partial charge >= 0.3 is 0 Å². The lowest BCUT2D eigenvalue weighted by Crippen LogP contribution is -2.32. The van der Waals surface area contributed by atoms with E-state index in [4.69, 9.17) is 14.6 Å². The maximum absolute atomic E-state index is 12.6. The average Bonchev–Trinajstić information content (AvgIpc) is 3.08. The Morgan fingerprint density at radius 3 is 3.12 bits per heavy atom. The highest BCUT2D eigenvalue weighted by Gasteiger charge is 2.19. The van der Waals surface area contributed by atoms with Gasteiger partial charge in [0.2, 0.25) is 5.91 Å². The summed E-state index contributed by atoms with van der Waals surface area (Å²) in [6, 6.07) is 7.61. The summed E-state index contributed by atoms with van der Waals surface area (Å²) in [6.45, 7) is 1.70. The molecular weight excluding hydrogens is 338 g/mol. The van der Waals surface area contributed by atoms with Crippen molar-refractivity contribution in [3.8, 4) is 11.5 Å². The van der Waals surface area contributed by atoms with E-state index < -0.39 is 0 Å². The zero-order chi connectivity index (χ0) is 17.6. The Balaban J connectivity index is 1.75. The van der Waals surface area contributed by atoms with Gasteiger partial charge in [0, 0.05) is 29.6 Å². The standard InChI is InChI=1S/C19H21NO4S/c1-23-17-5-2-4-15-11-20(8-3-9-24-19(15)17)18(22)7-6-16-10-14(12-21)13-25-16/h2,4-7,10,13,21H,3,8-9,11-12H2,1H3/b7-6+. The van der Waals surface area contributed by atoms with Crippen LogP contribution < -0.4 is 9.47 Å². The molecule has 1 amide bonds. The lowest BCUT2D eigenvalue weighted by molar-refractivity contribution is -0.126. The molecular formula is C19H21NO4S. The minimum Gasteiger partial charge on any atom is -0.493 e. The fourth-order valence-electron chi connectivity index (χ4n) is 2.74. The molecule has 0 radical (unpaired) electrons. The molecule has 1 N–H and O–H groups in total. The second-order valence-corrected chi connectivity index (χ2v) is 6.70. The summed E-state index contributed by atoms with van der Waals surface area (Å²) >= 11 is 1.51. The van der Waals surface area contributed by atoms with Gasteiger partial charge in [-0.25, -0.2) is 0 Å². The third-order valence-electron chi connectivity index (χ3n) is 4.02. The van der Waals surface area contributed by atoms with Crippen LogP contribution in [0.15, 0.2) is 35.7 Å². The number of aliphatic hydroxyl groups is 1. The predicted molar refractivity (Wildman–Crippen MR) is 97.8 cm³/mol. The molecule has 0 saturated carbocycles. The molecule has 1 aliphatic heterocycles. The Morgan fingerprint density at radius 2 is 2.36 bits per heavy atom. The lowest BCUT2D eigenvalue weighted by Gasteiger charge is -2.26. The van der Waals surface area contributed by atoms with Crippen LogP contribution in [0.5, 0.6) is 11.5 Å². The van der Waals surface area contributed by atoms with Gasteiger partial charge in [-0.15, -0.1) is 11.3 Å². The van der Waals surface area contributed by atoms with Crippen molar-refractivity contribution in [3.05, 3.63) is 51.7 Å². The van der Waals surface area contributed by atoms with Crippen molar-refractivity contribution in [3.63, 3.8) is 0 Å². The van der Waals surface area contributed by atoms with Crippen molar-refractivity contribution >= 4 is 23.3 Å². The largest absolute Gasteiger partial charge is 0.493 e. The molecule has 1 aliphatic rings. The van der Waals surface area contributed by atoms with E-state index in [0.717, 1.165) is 28.2 Å². The van der Waals surface area contributed by atoms with Crippen molar-refractivity contribution in [2.45, 2.75) is 19.6 Å². The Labute approximate surface area is 151 Å². The molecule has 0 atom stereocenters. The highest BCUT2D eigenvalue weighted by molar-refractivity contribution is 7.11. The van der Waals surface area contributed by atoms with E-state index >= 15 is 0 Å². The number of fused-ring (bicyclic) bond motifs is 1. The Morgan fingerprint density at radius 1 is 1.48 bits per heavy atom. The Hall–Kier alpha value is -2.31. The van der Waals surface area contributed by atoms with Crippen LogP contribution in [-0.4, -0.2) is 36.2 Å². The van der Waals surface area contributed by atoms with E-state index in [-0.39, 0.29) is 12.5 Å². The molecule has 3 rings (SSSR count). The van der Waals surface area contributed by atoms with E-state index in [9.17, 15) is 4.79 Å². The lowest BCUT2D eigenvalue weighted by atomic mass is 10.1. The summed E-state index contributed by atoms with van der Waals surface area (Å²) in [4.78, 5) is 15.4. The summed E-state index contributed by atoms with van der Waals surface area (Å²) in [7, 11) is 1.62. The van der Waals surface area contributed by atoms with Crippen LogP contribution in [0.3, 0.4) is 0 Å². The third-order valence-corrected chi connectivity index (χ3v) is 4.97. The van der Waals surface area contributed by atoms with Gasteiger partial charge in [0.1, 0.15) is 0 Å². The third kappa shape index (κ3) is 4.21. The number of nitrogens with zero attached hydrogens (tertiary/aromatic N) is 1. The molecule has 2 aromatic rings. The molecule has 25 heavy (non-hydrogen) atoms. The van der Waals surface area contributed by atoms with Gasteiger partial charge in [0.15, 0.2) is 11.5 Å². The number of amides is 1. The first kappa shape index (κ1) is 17.5. The van der Waals surface area contributed by atoms with E-state index in [0.29, 0.717) is 25.4 Å². The van der Waals surface area contributed by atoms with Crippen LogP contribution in [0.4, 0.5) is 0 Å². The molecule has 0 fully saturated rings. The van der Waals surface area contributed by atoms with Crippen LogP contribution in [0.25, 0.3) is 6.08 Å². The SMILES string of the molecule is COc1cccc2c1OCCCN(C(=O)/C=C/c1cc(CO)cs1)C2. The minimum atomic E-state index is -0.0328. The zero-order valence-corrected chi connectivity index (χ0v) is 14.9. The molecule has 1 aromatic carbocycles. The van der Waals surface area contributed by atoms with Gasteiger partial charge < -0.3 is 19.5 Å². The van der Waals surface area contributed by atoms with Gasteiger partial charge in [-0.3, -0.25) is 4.79 Å². The number of ether oxygens (including phenoxy) is 2. The van der Waals surface area contributed by atoms with E-state index in [1.807, 2.05) is 34.5 Å². The number of carbonyl (C=O) groups excluding carboxylic acids is 1. The maximum Gasteiger partial charge on any atom is 0.246 e. The molecule has 132 valence electrons. The van der Waals surface area contributed by atoms with Gasteiger partial charge in [0.25, 0.3) is 0 Å². The summed E-state index contributed by atoms with van der Waals surface area (Å²) in [5.74, 6) is 1.38. The number of benzene rings is 1. The molecule has 1 aromatic heterocycles. The number of para-hydroxylation sites is 1. The Kier molecular flexibility index (Phi) is 5.73. The summed E-state index contributed by atoms with van der Waals surface area (Å²) in [5.41, 5.74) is 1.81. The zero-order valence-electron chi connectivity index (χ0n) is 14.1. The summed E-state index contributed by atoms with van der Waals surface area (Å²) in [5, 5.41) is 11.0. The molecule has 0 saturated heterocycles. The van der Waals surface area contributed by atoms with Crippen molar-refractivity contribution in [1.29, 1.82) is 0 Å². The van der Waals surface area contributed by atoms with E-state index in [2.05, 4.69) is 0 Å². The van der Waals surface area contributed by atoms with Crippen LogP contribution in [0.2, 0.25) is 0 Å². The number of thiophene rings is 1. The average molecular weight is 359 g/mol. The van der Waals surface area contributed by atoms with Crippen molar-refractivity contribution in [2.24, 2.45) is 0 Å². The van der Waals surface area contributed by atoms with Crippen molar-refractivity contribution < 1.29 is 19.4 Å². The normalized spacial score (nSPS) is 14.6. The first-order chi connectivity index (χ1) is 12.2. The van der Waals surface area contributed by atoms with Gasteiger partial charge in [-0.2, -0.15) is 0 Å². The summed E-state index contributed by atoms with van der Waals surface area (Å²) < 4.78 is 11.2. The number of hydrogen-bond donors (Lipinski definition) is 1. The smallest absolute Gasteiger partial charge is 0.246 e. The van der Waals surface area contributed by atoms with Crippen LogP contribution in [0, 0.1) is 0 Å². The van der Waals surface area contributed by atoms with Crippen LogP contribution in [0.1, 0.15) is 22.4 Å². The van der Waals surface area contributed by atoms with Crippen LogP contribution in [-0.2, 0) is 17.9 Å². The quantitative estimate of drug-likeness (QED) is 0.853. The molecule has 0 bridgehead atoms. The van der Waals surface area contributed by atoms with Crippen molar-refractivity contribution in [1.82, 2.24) is 4.90 Å². The molecule has 5 nitrogen and oxygen atoms in total. The number of hydrogen-bond acceptors (Lipinski definition) is 5. The Bertz CT molecular complexity index is 769. The first-order valence-corrected chi connectivity index (χ1v) is 9.03. The molecule has 0 unspecified atom stereocenters. The minimum absolute atomic E-state index is 0.0169. The fraction of sp³-hybridized carbons (Fsp3) is 0.316. The highest BCUT2D eigenvalue weighted by atomic mass is 32.1. The monoisotopic (exact) mass is 359 g/mol. The van der Waals surface area contributed by atoms with Gasteiger partial charge in [-0.05, 0) is 35.6 Å². The predicted octanol–water partition coefficient (Wildman–Crippen LogP) is 3.07. The van der Waals surface area contributed by atoms with E-state index in [1.54, 1.807) is 19.3 Å². The first-order valence-electron chi connectivity index (χ1n) is 8.15. The molecule has 0 spiro atoms. The molecule has 2 heterocycles. The van der Waals surface area contributed by atoms with Gasteiger partial charge in [-0.1, -0.05) is 12.1 Å². The maximum atomic E-state index is 12.6. The number of carbonyl (C=O) groups is 1.